The predicted molar refractivity (Wildman–Crippen MR) is 106 cm³/mol. The molecule has 2 aromatic carbocycles. The van der Waals surface area contributed by atoms with Crippen LogP contribution in [0.2, 0.25) is 0 Å². The highest BCUT2D eigenvalue weighted by Crippen LogP contribution is 2.35. The van der Waals surface area contributed by atoms with Crippen molar-refractivity contribution in [3.8, 4) is 33.9 Å². The number of benzene rings is 2. The van der Waals surface area contributed by atoms with Gasteiger partial charge in [-0.15, -0.1) is 0 Å². The largest absolute Gasteiger partial charge is 0.457 e. The first-order valence-electron chi connectivity index (χ1n) is 8.37. The van der Waals surface area contributed by atoms with Gasteiger partial charge in [-0.2, -0.15) is 4.98 Å². The molecule has 4 aromatic rings. The summed E-state index contributed by atoms with van der Waals surface area (Å²) in [7, 11) is 0. The Morgan fingerprint density at radius 2 is 1.44 bits per heavy atom. The van der Waals surface area contributed by atoms with Crippen LogP contribution < -0.4 is 16.2 Å². The standard InChI is InChI=1S/C21H17N5O/c22-20-18(15-5-4-12-24-13-15)19(25-21(23)26-20)14-8-10-17(11-9-14)27-16-6-2-1-3-7-16/h1-13H,(H4,22,23,25,26). The first kappa shape index (κ1) is 16.5. The molecule has 4 rings (SSSR count). The van der Waals surface area contributed by atoms with Crippen molar-refractivity contribution in [2.24, 2.45) is 0 Å². The molecule has 0 radical (unpaired) electrons. The molecule has 0 saturated carbocycles. The zero-order valence-corrected chi connectivity index (χ0v) is 14.4. The molecule has 0 aliphatic rings. The second-order valence-corrected chi connectivity index (χ2v) is 5.87. The molecule has 2 heterocycles. The van der Waals surface area contributed by atoms with Gasteiger partial charge < -0.3 is 16.2 Å². The zero-order chi connectivity index (χ0) is 18.6. The SMILES string of the molecule is Nc1nc(N)c(-c2cccnc2)c(-c2ccc(Oc3ccccc3)cc2)n1. The van der Waals surface area contributed by atoms with E-state index in [4.69, 9.17) is 16.2 Å². The molecule has 27 heavy (non-hydrogen) atoms. The maximum atomic E-state index is 6.14. The van der Waals surface area contributed by atoms with Crippen molar-refractivity contribution >= 4 is 11.8 Å². The topological polar surface area (TPSA) is 99.9 Å². The van der Waals surface area contributed by atoms with Crippen molar-refractivity contribution in [3.05, 3.63) is 79.1 Å². The molecule has 6 heteroatoms. The first-order valence-corrected chi connectivity index (χ1v) is 8.37. The summed E-state index contributed by atoms with van der Waals surface area (Å²) < 4.78 is 5.84. The van der Waals surface area contributed by atoms with E-state index in [-0.39, 0.29) is 5.95 Å². The molecule has 2 aromatic heterocycles. The normalized spacial score (nSPS) is 10.5. The minimum atomic E-state index is 0.125. The summed E-state index contributed by atoms with van der Waals surface area (Å²) in [4.78, 5) is 12.7. The highest BCUT2D eigenvalue weighted by atomic mass is 16.5. The number of nitrogens with zero attached hydrogens (tertiary/aromatic N) is 3. The second-order valence-electron chi connectivity index (χ2n) is 5.87. The van der Waals surface area contributed by atoms with E-state index in [1.807, 2.05) is 66.7 Å². The summed E-state index contributed by atoms with van der Waals surface area (Å²) in [6, 6.07) is 20.9. The lowest BCUT2D eigenvalue weighted by Gasteiger charge is -2.12. The van der Waals surface area contributed by atoms with Crippen LogP contribution in [0, 0.1) is 0 Å². The van der Waals surface area contributed by atoms with E-state index < -0.39 is 0 Å². The molecular formula is C21H17N5O. The Bertz CT molecular complexity index is 1050. The van der Waals surface area contributed by atoms with Crippen molar-refractivity contribution in [2.45, 2.75) is 0 Å². The van der Waals surface area contributed by atoms with Crippen molar-refractivity contribution < 1.29 is 4.74 Å². The van der Waals surface area contributed by atoms with Gasteiger partial charge in [0.15, 0.2) is 0 Å². The van der Waals surface area contributed by atoms with E-state index in [0.29, 0.717) is 17.1 Å². The molecule has 0 amide bonds. The summed E-state index contributed by atoms with van der Waals surface area (Å²) in [6.45, 7) is 0. The number of hydrogen-bond donors (Lipinski definition) is 2. The van der Waals surface area contributed by atoms with Crippen LogP contribution in [0.15, 0.2) is 79.1 Å². The minimum absolute atomic E-state index is 0.125. The van der Waals surface area contributed by atoms with Crippen molar-refractivity contribution in [1.29, 1.82) is 0 Å². The van der Waals surface area contributed by atoms with Gasteiger partial charge in [0, 0.05) is 23.5 Å². The maximum absolute atomic E-state index is 6.14. The number of ether oxygens (including phenoxy) is 1. The monoisotopic (exact) mass is 355 g/mol. The van der Waals surface area contributed by atoms with E-state index in [1.54, 1.807) is 12.4 Å². The molecule has 0 fully saturated rings. The van der Waals surface area contributed by atoms with Crippen LogP contribution in [-0.2, 0) is 0 Å². The smallest absolute Gasteiger partial charge is 0.222 e. The van der Waals surface area contributed by atoms with E-state index in [2.05, 4.69) is 15.0 Å². The molecule has 0 bridgehead atoms. The number of aromatic nitrogens is 3. The van der Waals surface area contributed by atoms with Crippen molar-refractivity contribution in [3.63, 3.8) is 0 Å². The highest BCUT2D eigenvalue weighted by Gasteiger charge is 2.15. The van der Waals surface area contributed by atoms with Crippen LogP contribution in [0.25, 0.3) is 22.4 Å². The molecule has 4 N–H and O–H groups in total. The number of anilines is 2. The third-order valence-electron chi connectivity index (χ3n) is 4.01. The van der Waals surface area contributed by atoms with Gasteiger partial charge in [-0.05, 0) is 42.5 Å². The molecule has 0 atom stereocenters. The molecule has 0 unspecified atom stereocenters. The molecule has 0 spiro atoms. The van der Waals surface area contributed by atoms with Crippen LogP contribution in [-0.4, -0.2) is 15.0 Å². The van der Waals surface area contributed by atoms with Gasteiger partial charge >= 0.3 is 0 Å². The third-order valence-corrected chi connectivity index (χ3v) is 4.01. The van der Waals surface area contributed by atoms with E-state index in [1.165, 1.54) is 0 Å². The summed E-state index contributed by atoms with van der Waals surface area (Å²) >= 11 is 0. The van der Waals surface area contributed by atoms with Crippen LogP contribution in [0.5, 0.6) is 11.5 Å². The Morgan fingerprint density at radius 1 is 0.704 bits per heavy atom. The van der Waals surface area contributed by atoms with Crippen molar-refractivity contribution in [2.75, 3.05) is 11.5 Å². The average molecular weight is 355 g/mol. The van der Waals surface area contributed by atoms with Crippen LogP contribution in [0.4, 0.5) is 11.8 Å². The minimum Gasteiger partial charge on any atom is -0.457 e. The van der Waals surface area contributed by atoms with Gasteiger partial charge in [-0.3, -0.25) is 4.98 Å². The number of rotatable bonds is 4. The lowest BCUT2D eigenvalue weighted by atomic mass is 10.0. The fraction of sp³-hybridized carbons (Fsp3) is 0. The Morgan fingerprint density at radius 3 is 2.15 bits per heavy atom. The molecule has 0 aliphatic carbocycles. The Labute approximate surface area is 156 Å². The van der Waals surface area contributed by atoms with Gasteiger partial charge in [0.25, 0.3) is 0 Å². The van der Waals surface area contributed by atoms with Gasteiger partial charge in [0.2, 0.25) is 5.95 Å². The van der Waals surface area contributed by atoms with E-state index >= 15 is 0 Å². The lowest BCUT2D eigenvalue weighted by molar-refractivity contribution is 0.483. The number of hydrogen-bond acceptors (Lipinski definition) is 6. The van der Waals surface area contributed by atoms with E-state index in [9.17, 15) is 0 Å². The Balaban J connectivity index is 1.73. The maximum Gasteiger partial charge on any atom is 0.222 e. The summed E-state index contributed by atoms with van der Waals surface area (Å²) in [5.74, 6) is 1.94. The summed E-state index contributed by atoms with van der Waals surface area (Å²) in [5, 5.41) is 0. The fourth-order valence-corrected chi connectivity index (χ4v) is 2.81. The van der Waals surface area contributed by atoms with Gasteiger partial charge in [-0.25, -0.2) is 4.98 Å². The molecule has 0 aliphatic heterocycles. The Kier molecular flexibility index (Phi) is 4.37. The second kappa shape index (κ2) is 7.13. The third kappa shape index (κ3) is 3.55. The van der Waals surface area contributed by atoms with Crippen LogP contribution >= 0.6 is 0 Å². The number of nitrogens with two attached hydrogens (primary N) is 2. The quantitative estimate of drug-likeness (QED) is 0.570. The Hall–Kier alpha value is -3.93. The molecule has 6 nitrogen and oxygen atoms in total. The molecule has 0 saturated heterocycles. The number of para-hydroxylation sites is 1. The number of nitrogen functional groups attached to an aromatic ring is 2. The van der Waals surface area contributed by atoms with Crippen molar-refractivity contribution in [1.82, 2.24) is 15.0 Å². The predicted octanol–water partition coefficient (Wildman–Crippen LogP) is 4.16. The molecular weight excluding hydrogens is 338 g/mol. The summed E-state index contributed by atoms with van der Waals surface area (Å²) in [5.41, 5.74) is 15.0. The number of pyridine rings is 1. The lowest BCUT2D eigenvalue weighted by Crippen LogP contribution is -2.04. The summed E-state index contributed by atoms with van der Waals surface area (Å²) in [6.07, 6.45) is 3.43. The van der Waals surface area contributed by atoms with E-state index in [0.717, 1.165) is 22.6 Å². The molecule has 132 valence electrons. The first-order chi connectivity index (χ1) is 13.2. The van der Waals surface area contributed by atoms with Gasteiger partial charge in [-0.1, -0.05) is 24.3 Å². The van der Waals surface area contributed by atoms with Gasteiger partial charge in [0.1, 0.15) is 17.3 Å². The average Bonchev–Trinajstić information content (AvgIpc) is 2.69. The van der Waals surface area contributed by atoms with Crippen LogP contribution in [0.3, 0.4) is 0 Å². The highest BCUT2D eigenvalue weighted by molar-refractivity contribution is 5.87. The van der Waals surface area contributed by atoms with Gasteiger partial charge in [0.05, 0.1) is 11.3 Å². The fourth-order valence-electron chi connectivity index (χ4n) is 2.81. The zero-order valence-electron chi connectivity index (χ0n) is 14.4. The van der Waals surface area contributed by atoms with Crippen LogP contribution in [0.1, 0.15) is 0 Å².